The van der Waals surface area contributed by atoms with E-state index in [1.165, 1.54) is 11.8 Å². The van der Waals surface area contributed by atoms with Crippen LogP contribution in [0.5, 0.6) is 11.5 Å². The Bertz CT molecular complexity index is 1230. The van der Waals surface area contributed by atoms with Gasteiger partial charge in [-0.05, 0) is 93.3 Å². The van der Waals surface area contributed by atoms with E-state index in [2.05, 4.69) is 5.32 Å². The van der Waals surface area contributed by atoms with Crippen molar-refractivity contribution in [2.45, 2.75) is 43.2 Å². The van der Waals surface area contributed by atoms with Crippen molar-refractivity contribution in [3.05, 3.63) is 78.4 Å². The number of benzene rings is 3. The van der Waals surface area contributed by atoms with Crippen LogP contribution in [0.1, 0.15) is 26.3 Å². The van der Waals surface area contributed by atoms with E-state index in [0.29, 0.717) is 18.0 Å². The van der Waals surface area contributed by atoms with Crippen LogP contribution < -0.4 is 19.1 Å². The first-order valence-electron chi connectivity index (χ1n) is 11.6. The predicted octanol–water partition coefficient (Wildman–Crippen LogP) is 5.11. The number of hydrogen-bond donors (Lipinski definition) is 1. The second-order valence-corrected chi connectivity index (χ2v) is 10.9. The standard InChI is InChI=1S/C27H32N2O5S2/c1-5-33-23-12-8-22(9-13-23)29(36(31,32)26-16-14-25(35-4)15-17-26)19-27(30)28-18-21-6-10-24(11-7-21)34-20(2)3/h6-17,20H,5,18-19H2,1-4H3,(H,28,30). The predicted molar refractivity (Wildman–Crippen MR) is 144 cm³/mol. The maximum absolute atomic E-state index is 13.6. The topological polar surface area (TPSA) is 84.9 Å². The van der Waals surface area contributed by atoms with E-state index in [9.17, 15) is 13.2 Å². The highest BCUT2D eigenvalue weighted by atomic mass is 32.2. The zero-order valence-corrected chi connectivity index (χ0v) is 22.6. The molecule has 0 spiro atoms. The molecule has 0 heterocycles. The lowest BCUT2D eigenvalue weighted by molar-refractivity contribution is -0.119. The molecule has 0 aromatic heterocycles. The zero-order valence-electron chi connectivity index (χ0n) is 20.9. The molecule has 0 saturated heterocycles. The van der Waals surface area contributed by atoms with Crippen LogP contribution >= 0.6 is 11.8 Å². The maximum atomic E-state index is 13.6. The van der Waals surface area contributed by atoms with Crippen LogP contribution in [0.3, 0.4) is 0 Å². The Labute approximate surface area is 217 Å². The molecule has 0 bridgehead atoms. The van der Waals surface area contributed by atoms with Crippen LogP contribution in [0, 0.1) is 0 Å². The van der Waals surface area contributed by atoms with Crippen molar-refractivity contribution in [2.24, 2.45) is 0 Å². The van der Waals surface area contributed by atoms with Gasteiger partial charge < -0.3 is 14.8 Å². The van der Waals surface area contributed by atoms with Crippen LogP contribution in [0.25, 0.3) is 0 Å². The van der Waals surface area contributed by atoms with E-state index < -0.39 is 15.9 Å². The third kappa shape index (κ3) is 7.41. The summed E-state index contributed by atoms with van der Waals surface area (Å²) in [6, 6.07) is 20.7. The molecule has 0 aliphatic carbocycles. The van der Waals surface area contributed by atoms with E-state index in [1.54, 1.807) is 48.5 Å². The summed E-state index contributed by atoms with van der Waals surface area (Å²) in [5.41, 5.74) is 1.25. The van der Waals surface area contributed by atoms with Gasteiger partial charge in [-0.1, -0.05) is 12.1 Å². The normalized spacial score (nSPS) is 11.2. The zero-order chi connectivity index (χ0) is 26.1. The Morgan fingerprint density at radius 3 is 2.11 bits per heavy atom. The van der Waals surface area contributed by atoms with Crippen molar-refractivity contribution in [2.75, 3.05) is 23.7 Å². The Morgan fingerprint density at radius 2 is 1.56 bits per heavy atom. The summed E-state index contributed by atoms with van der Waals surface area (Å²) in [5.74, 6) is 0.952. The molecule has 3 rings (SSSR count). The number of hydrogen-bond acceptors (Lipinski definition) is 6. The van der Waals surface area contributed by atoms with Gasteiger partial charge in [-0.2, -0.15) is 0 Å². The molecule has 0 fully saturated rings. The monoisotopic (exact) mass is 528 g/mol. The van der Waals surface area contributed by atoms with E-state index in [4.69, 9.17) is 9.47 Å². The first kappa shape index (κ1) is 27.4. The van der Waals surface area contributed by atoms with E-state index >= 15 is 0 Å². The number of nitrogens with one attached hydrogen (secondary N) is 1. The van der Waals surface area contributed by atoms with Crippen LogP contribution in [0.4, 0.5) is 5.69 Å². The number of carbonyl (C=O) groups is 1. The maximum Gasteiger partial charge on any atom is 0.264 e. The molecular weight excluding hydrogens is 496 g/mol. The van der Waals surface area contributed by atoms with Crippen molar-refractivity contribution < 1.29 is 22.7 Å². The largest absolute Gasteiger partial charge is 0.494 e. The third-order valence-electron chi connectivity index (χ3n) is 5.16. The van der Waals surface area contributed by atoms with Gasteiger partial charge in [-0.3, -0.25) is 9.10 Å². The second-order valence-electron chi connectivity index (χ2n) is 8.20. The van der Waals surface area contributed by atoms with Gasteiger partial charge >= 0.3 is 0 Å². The highest BCUT2D eigenvalue weighted by molar-refractivity contribution is 7.98. The van der Waals surface area contributed by atoms with E-state index in [0.717, 1.165) is 20.5 Å². The molecule has 0 aliphatic rings. The van der Waals surface area contributed by atoms with Crippen LogP contribution in [0.2, 0.25) is 0 Å². The van der Waals surface area contributed by atoms with Crippen LogP contribution in [-0.4, -0.2) is 39.8 Å². The highest BCUT2D eigenvalue weighted by Crippen LogP contribution is 2.27. The lowest BCUT2D eigenvalue weighted by Gasteiger charge is -2.24. The fourth-order valence-corrected chi connectivity index (χ4v) is 5.24. The minimum atomic E-state index is -3.99. The number of ether oxygens (including phenoxy) is 2. The minimum absolute atomic E-state index is 0.0722. The number of thioether (sulfide) groups is 1. The Morgan fingerprint density at radius 1 is 0.944 bits per heavy atom. The van der Waals surface area contributed by atoms with E-state index in [-0.39, 0.29) is 24.1 Å². The van der Waals surface area contributed by atoms with Gasteiger partial charge in [0.1, 0.15) is 18.0 Å². The molecule has 1 N–H and O–H groups in total. The molecule has 0 atom stereocenters. The van der Waals surface area contributed by atoms with Crippen LogP contribution in [-0.2, 0) is 21.4 Å². The average Bonchev–Trinajstić information content (AvgIpc) is 2.87. The Balaban J connectivity index is 1.79. The summed E-state index contributed by atoms with van der Waals surface area (Å²) in [6.45, 7) is 6.18. The van der Waals surface area contributed by atoms with Gasteiger partial charge in [0.2, 0.25) is 5.91 Å². The van der Waals surface area contributed by atoms with Gasteiger partial charge in [-0.15, -0.1) is 11.8 Å². The number of carbonyl (C=O) groups excluding carboxylic acids is 1. The summed E-state index contributed by atoms with van der Waals surface area (Å²) < 4.78 is 39.4. The molecular formula is C27H32N2O5S2. The molecule has 7 nitrogen and oxygen atoms in total. The number of nitrogens with zero attached hydrogens (tertiary/aromatic N) is 1. The molecule has 1 amide bonds. The van der Waals surface area contributed by atoms with Gasteiger partial charge in [0, 0.05) is 11.4 Å². The lowest BCUT2D eigenvalue weighted by atomic mass is 10.2. The number of amides is 1. The number of rotatable bonds is 12. The summed E-state index contributed by atoms with van der Waals surface area (Å²) in [4.78, 5) is 14.0. The third-order valence-corrected chi connectivity index (χ3v) is 7.69. The molecule has 0 saturated carbocycles. The van der Waals surface area contributed by atoms with Crippen molar-refractivity contribution in [3.8, 4) is 11.5 Å². The molecule has 9 heteroatoms. The molecule has 0 unspecified atom stereocenters. The molecule has 36 heavy (non-hydrogen) atoms. The summed E-state index contributed by atoms with van der Waals surface area (Å²) in [6.07, 6.45) is 1.99. The SMILES string of the molecule is CCOc1ccc(N(CC(=O)NCc2ccc(OC(C)C)cc2)S(=O)(=O)c2ccc(SC)cc2)cc1. The molecule has 0 aliphatic heterocycles. The van der Waals surface area contributed by atoms with Gasteiger partial charge in [0.05, 0.1) is 23.3 Å². The Kier molecular flexibility index (Phi) is 9.66. The summed E-state index contributed by atoms with van der Waals surface area (Å²) in [5, 5.41) is 2.82. The van der Waals surface area contributed by atoms with Gasteiger partial charge in [0.15, 0.2) is 0 Å². The molecule has 0 radical (unpaired) electrons. The minimum Gasteiger partial charge on any atom is -0.494 e. The lowest BCUT2D eigenvalue weighted by Crippen LogP contribution is -2.40. The average molecular weight is 529 g/mol. The fourth-order valence-electron chi connectivity index (χ4n) is 3.41. The quantitative estimate of drug-likeness (QED) is 0.329. The smallest absolute Gasteiger partial charge is 0.264 e. The van der Waals surface area contributed by atoms with Gasteiger partial charge in [0.25, 0.3) is 10.0 Å². The first-order chi connectivity index (χ1) is 17.2. The molecule has 3 aromatic carbocycles. The van der Waals surface area contributed by atoms with E-state index in [1.807, 2.05) is 51.3 Å². The van der Waals surface area contributed by atoms with Crippen molar-refractivity contribution in [3.63, 3.8) is 0 Å². The van der Waals surface area contributed by atoms with Crippen molar-refractivity contribution in [1.82, 2.24) is 5.32 Å². The number of sulfonamides is 1. The second kappa shape index (κ2) is 12.7. The Hall–Kier alpha value is -3.17. The van der Waals surface area contributed by atoms with Crippen molar-refractivity contribution in [1.29, 1.82) is 0 Å². The summed E-state index contributed by atoms with van der Waals surface area (Å²) >= 11 is 1.52. The van der Waals surface area contributed by atoms with Crippen molar-refractivity contribution >= 4 is 33.4 Å². The van der Waals surface area contributed by atoms with Gasteiger partial charge in [-0.25, -0.2) is 8.42 Å². The molecule has 3 aromatic rings. The summed E-state index contributed by atoms with van der Waals surface area (Å²) in [7, 11) is -3.99. The first-order valence-corrected chi connectivity index (χ1v) is 14.3. The highest BCUT2D eigenvalue weighted by Gasteiger charge is 2.27. The van der Waals surface area contributed by atoms with Crippen LogP contribution in [0.15, 0.2) is 82.6 Å². The number of anilines is 1. The fraction of sp³-hybridized carbons (Fsp3) is 0.296. The molecule has 192 valence electrons.